The summed E-state index contributed by atoms with van der Waals surface area (Å²) in [5, 5.41) is 34.9. The minimum atomic E-state index is -4.18. The zero-order chi connectivity index (χ0) is 25.6. The predicted molar refractivity (Wildman–Crippen MR) is 127 cm³/mol. The zero-order valence-electron chi connectivity index (χ0n) is 18.7. The standard InChI is InChI=1S/C23H23F2N5O5S/c24-23(25)13-4-5-15-12(8-13)2-1-3-16(15)17-10-20-27-7-6-19(30(20)29-17)28-18-9-14(21(31)22(18)32)11-35-36(26,33)34/h1-8,10,14,18,21-23,28,31-32H,9,11H2,(H2,26,33,34)/t14-,18-,21-,22+/m1/s1. The van der Waals surface area contributed by atoms with E-state index in [2.05, 4.69) is 19.6 Å². The van der Waals surface area contributed by atoms with Crippen LogP contribution in [0.3, 0.4) is 0 Å². The molecule has 0 saturated heterocycles. The molecule has 10 nitrogen and oxygen atoms in total. The maximum absolute atomic E-state index is 13.1. The van der Waals surface area contributed by atoms with Crippen LogP contribution in [0.25, 0.3) is 27.7 Å². The molecule has 0 unspecified atom stereocenters. The normalized spacial score (nSPS) is 22.6. The van der Waals surface area contributed by atoms with Gasteiger partial charge in [0.2, 0.25) is 0 Å². The number of nitrogens with zero attached hydrogens (tertiary/aromatic N) is 3. The summed E-state index contributed by atoms with van der Waals surface area (Å²) in [5.74, 6) is -0.175. The summed E-state index contributed by atoms with van der Waals surface area (Å²) in [6.07, 6.45) is -3.21. The van der Waals surface area contributed by atoms with Crippen LogP contribution in [0, 0.1) is 5.92 Å². The van der Waals surface area contributed by atoms with Crippen molar-refractivity contribution in [1.29, 1.82) is 0 Å². The monoisotopic (exact) mass is 519 g/mol. The first-order valence-electron chi connectivity index (χ1n) is 11.1. The predicted octanol–water partition coefficient (Wildman–Crippen LogP) is 2.23. The van der Waals surface area contributed by atoms with Crippen molar-refractivity contribution in [3.05, 3.63) is 60.3 Å². The van der Waals surface area contributed by atoms with E-state index in [1.165, 1.54) is 16.6 Å². The Morgan fingerprint density at radius 2 is 1.97 bits per heavy atom. The maximum atomic E-state index is 13.1. The molecule has 0 aliphatic heterocycles. The Morgan fingerprint density at radius 1 is 1.17 bits per heavy atom. The molecule has 0 radical (unpaired) electrons. The molecule has 5 N–H and O–H groups in total. The molecular weight excluding hydrogens is 496 g/mol. The Morgan fingerprint density at radius 3 is 2.72 bits per heavy atom. The average molecular weight is 520 g/mol. The molecular formula is C23H23F2N5O5S. The molecule has 13 heteroatoms. The second-order valence-electron chi connectivity index (χ2n) is 8.72. The highest BCUT2D eigenvalue weighted by molar-refractivity contribution is 7.84. The molecule has 4 aromatic rings. The van der Waals surface area contributed by atoms with Gasteiger partial charge in [-0.3, -0.25) is 4.18 Å². The molecule has 1 aliphatic carbocycles. The molecule has 1 saturated carbocycles. The Balaban J connectivity index is 1.44. The van der Waals surface area contributed by atoms with Crippen molar-refractivity contribution >= 4 is 32.5 Å². The lowest BCUT2D eigenvalue weighted by molar-refractivity contribution is 0.00777. The molecule has 1 aliphatic rings. The van der Waals surface area contributed by atoms with E-state index >= 15 is 0 Å². The van der Waals surface area contributed by atoms with Crippen LogP contribution < -0.4 is 10.5 Å². The number of halogens is 2. The van der Waals surface area contributed by atoms with Crippen molar-refractivity contribution in [2.75, 3.05) is 11.9 Å². The van der Waals surface area contributed by atoms with Crippen molar-refractivity contribution in [3.63, 3.8) is 0 Å². The van der Waals surface area contributed by atoms with E-state index in [0.717, 1.165) is 10.9 Å². The number of benzene rings is 2. The largest absolute Gasteiger partial charge is 0.390 e. The smallest absolute Gasteiger partial charge is 0.333 e. The van der Waals surface area contributed by atoms with Crippen LogP contribution in [0.15, 0.2) is 54.7 Å². The van der Waals surface area contributed by atoms with Gasteiger partial charge in [-0.25, -0.2) is 18.9 Å². The lowest BCUT2D eigenvalue weighted by Gasteiger charge is -2.19. The van der Waals surface area contributed by atoms with E-state index in [0.29, 0.717) is 22.5 Å². The van der Waals surface area contributed by atoms with Crippen molar-refractivity contribution in [1.82, 2.24) is 14.6 Å². The number of aliphatic hydroxyl groups excluding tert-OH is 2. The zero-order valence-corrected chi connectivity index (χ0v) is 19.5. The number of nitrogens with one attached hydrogen (secondary N) is 1. The third-order valence-corrected chi connectivity index (χ3v) is 6.84. The van der Waals surface area contributed by atoms with Gasteiger partial charge in [-0.2, -0.15) is 18.0 Å². The van der Waals surface area contributed by atoms with Gasteiger partial charge in [-0.15, -0.1) is 0 Å². The number of anilines is 1. The Labute approximate surface area is 204 Å². The van der Waals surface area contributed by atoms with Gasteiger partial charge in [-0.1, -0.05) is 30.3 Å². The van der Waals surface area contributed by atoms with Crippen LogP contribution in [-0.4, -0.2) is 58.1 Å². The summed E-state index contributed by atoms with van der Waals surface area (Å²) in [5.41, 5.74) is 1.74. The van der Waals surface area contributed by atoms with Crippen molar-refractivity contribution in [2.24, 2.45) is 11.1 Å². The molecule has 5 rings (SSSR count). The maximum Gasteiger partial charge on any atom is 0.333 e. The molecule has 2 aromatic heterocycles. The summed E-state index contributed by atoms with van der Waals surface area (Å²) in [7, 11) is -4.18. The summed E-state index contributed by atoms with van der Waals surface area (Å²) >= 11 is 0. The minimum absolute atomic E-state index is 0.0621. The third kappa shape index (κ3) is 4.75. The first kappa shape index (κ1) is 24.5. The van der Waals surface area contributed by atoms with Crippen molar-refractivity contribution < 1.29 is 31.6 Å². The number of fused-ring (bicyclic) bond motifs is 2. The van der Waals surface area contributed by atoms with E-state index in [4.69, 9.17) is 5.14 Å². The van der Waals surface area contributed by atoms with Crippen molar-refractivity contribution in [3.8, 4) is 11.3 Å². The molecule has 2 aromatic carbocycles. The Kier molecular flexibility index (Phi) is 6.34. The number of hydrogen-bond donors (Lipinski definition) is 4. The first-order chi connectivity index (χ1) is 17.1. The van der Waals surface area contributed by atoms with E-state index in [9.17, 15) is 27.4 Å². The van der Waals surface area contributed by atoms with Gasteiger partial charge in [0.25, 0.3) is 6.43 Å². The molecule has 190 valence electrons. The van der Waals surface area contributed by atoms with Crippen LogP contribution in [0.1, 0.15) is 18.4 Å². The van der Waals surface area contributed by atoms with Gasteiger partial charge in [-0.05, 0) is 29.3 Å². The number of aliphatic hydroxyl groups is 2. The van der Waals surface area contributed by atoms with E-state index in [1.807, 2.05) is 6.07 Å². The SMILES string of the molecule is NS(=O)(=O)OC[C@H]1C[C@@H](Nc2ccnc3cc(-c4cccc5cc(C(F)F)ccc45)nn23)[C@H](O)[C@@H]1O. The fourth-order valence-corrected chi connectivity index (χ4v) is 4.97. The fraction of sp³-hybridized carbons (Fsp3) is 0.304. The Hall–Kier alpha value is -3.23. The second-order valence-corrected chi connectivity index (χ2v) is 9.94. The summed E-state index contributed by atoms with van der Waals surface area (Å²) in [6, 6.07) is 12.6. The van der Waals surface area contributed by atoms with Crippen LogP contribution in [0.4, 0.5) is 14.6 Å². The van der Waals surface area contributed by atoms with Gasteiger partial charge >= 0.3 is 10.3 Å². The number of aromatic nitrogens is 3. The highest BCUT2D eigenvalue weighted by Gasteiger charge is 2.42. The van der Waals surface area contributed by atoms with E-state index in [1.54, 1.807) is 36.5 Å². The first-order valence-corrected chi connectivity index (χ1v) is 12.5. The van der Waals surface area contributed by atoms with Crippen LogP contribution in [-0.2, 0) is 14.5 Å². The molecule has 0 amide bonds. The summed E-state index contributed by atoms with van der Waals surface area (Å²) < 4.78 is 54.6. The fourth-order valence-electron chi connectivity index (χ4n) is 4.60. The highest BCUT2D eigenvalue weighted by Crippen LogP contribution is 2.33. The Bertz CT molecular complexity index is 1530. The average Bonchev–Trinajstić information content (AvgIpc) is 3.39. The van der Waals surface area contributed by atoms with Gasteiger partial charge < -0.3 is 15.5 Å². The minimum Gasteiger partial charge on any atom is -0.390 e. The van der Waals surface area contributed by atoms with Gasteiger partial charge in [0.05, 0.1) is 24.4 Å². The van der Waals surface area contributed by atoms with Crippen LogP contribution in [0.2, 0.25) is 0 Å². The lowest BCUT2D eigenvalue weighted by atomic mass is 10.0. The summed E-state index contributed by atoms with van der Waals surface area (Å²) in [6.45, 7) is -0.360. The molecule has 0 spiro atoms. The van der Waals surface area contributed by atoms with Crippen LogP contribution >= 0.6 is 0 Å². The highest BCUT2D eigenvalue weighted by atomic mass is 32.2. The molecule has 4 atom stereocenters. The number of alkyl halides is 2. The molecule has 2 heterocycles. The molecule has 1 fully saturated rings. The van der Waals surface area contributed by atoms with E-state index < -0.39 is 40.9 Å². The number of hydrogen-bond acceptors (Lipinski definition) is 8. The van der Waals surface area contributed by atoms with Crippen LogP contribution in [0.5, 0.6) is 0 Å². The summed E-state index contributed by atoms with van der Waals surface area (Å²) in [4.78, 5) is 4.33. The number of rotatable bonds is 7. The molecule has 0 bridgehead atoms. The third-order valence-electron chi connectivity index (χ3n) is 6.37. The van der Waals surface area contributed by atoms with Gasteiger partial charge in [0.15, 0.2) is 5.65 Å². The van der Waals surface area contributed by atoms with Gasteiger partial charge in [0, 0.05) is 29.3 Å². The van der Waals surface area contributed by atoms with E-state index in [-0.39, 0.29) is 18.6 Å². The van der Waals surface area contributed by atoms with Crippen molar-refractivity contribution in [2.45, 2.75) is 31.1 Å². The molecule has 36 heavy (non-hydrogen) atoms. The second kappa shape index (κ2) is 9.33. The topological polar surface area (TPSA) is 152 Å². The lowest BCUT2D eigenvalue weighted by Crippen LogP contribution is -2.36. The number of nitrogens with two attached hydrogens (primary N) is 1. The quantitative estimate of drug-likeness (QED) is 0.290. The van der Waals surface area contributed by atoms with Gasteiger partial charge in [0.1, 0.15) is 11.9 Å².